The first-order valence-corrected chi connectivity index (χ1v) is 13.3. The molecular weight excluding hydrogens is 540 g/mol. The summed E-state index contributed by atoms with van der Waals surface area (Å²) in [5.74, 6) is -0.132. The molecule has 208 valence electrons. The Hall–Kier alpha value is -5.14. The molecule has 3 aromatic carbocycles. The first-order chi connectivity index (χ1) is 19.7. The maximum Gasteiger partial charge on any atom is 0.335 e. The first-order valence-electron chi connectivity index (χ1n) is 12.5. The average Bonchev–Trinajstić information content (AvgIpc) is 3.69. The molecule has 41 heavy (non-hydrogen) atoms. The zero-order chi connectivity index (χ0) is 29.6. The molecule has 2 aromatic heterocycles. The van der Waals surface area contributed by atoms with Crippen molar-refractivity contribution in [2.75, 3.05) is 19.5 Å². The van der Waals surface area contributed by atoms with Crippen LogP contribution in [0.5, 0.6) is 11.5 Å². The van der Waals surface area contributed by atoms with Gasteiger partial charge in [-0.2, -0.15) is 5.26 Å². The number of aromatic amines is 1. The van der Waals surface area contributed by atoms with Crippen LogP contribution in [0.2, 0.25) is 0 Å². The topological polar surface area (TPSA) is 137 Å². The summed E-state index contributed by atoms with van der Waals surface area (Å²) < 4.78 is 10.5. The molecule has 0 atom stereocenters. The summed E-state index contributed by atoms with van der Waals surface area (Å²) in [7, 11) is 3.08. The van der Waals surface area contributed by atoms with Crippen molar-refractivity contribution in [3.05, 3.63) is 95.1 Å². The number of rotatable bonds is 7. The molecule has 0 aliphatic carbocycles. The molecule has 3 N–H and O–H groups in total. The number of fused-ring (bicyclic) bond motifs is 1. The molecule has 10 heteroatoms. The number of methoxy groups -OCH3 is 2. The number of carbonyl (C=O) groups is 2. The lowest BCUT2D eigenvalue weighted by molar-refractivity contribution is 0.0696. The molecule has 0 saturated heterocycles. The van der Waals surface area contributed by atoms with Crippen molar-refractivity contribution in [3.8, 4) is 28.0 Å². The number of aromatic nitrogens is 2. The summed E-state index contributed by atoms with van der Waals surface area (Å²) in [6.07, 6.45) is 1.54. The summed E-state index contributed by atoms with van der Waals surface area (Å²) in [6.45, 7) is 3.78. The standard InChI is InChI=1S/C23H22N2O3S.C8H6N2O2/c1-23(2,14-24)18-9-8-16(13-17(18)21-6-5-11-29-21)25-22(26)15-7-10-19(27-3)20(12-15)28-4;11-8(12)5-1-2-6-7(3-5)10-4-9-6/h5-13H,1-4H3,(H,25,26);1-4H,(H,9,10)(H,11,12). The lowest BCUT2D eigenvalue weighted by Gasteiger charge is -2.21. The molecule has 2 heterocycles. The molecule has 0 bridgehead atoms. The fourth-order valence-corrected chi connectivity index (χ4v) is 4.87. The number of nitrogens with one attached hydrogen (secondary N) is 2. The van der Waals surface area contributed by atoms with E-state index in [1.807, 2.05) is 49.6 Å². The smallest absolute Gasteiger partial charge is 0.335 e. The quantitative estimate of drug-likeness (QED) is 0.197. The van der Waals surface area contributed by atoms with Crippen molar-refractivity contribution >= 4 is 39.9 Å². The van der Waals surface area contributed by atoms with Gasteiger partial charge < -0.3 is 24.9 Å². The van der Waals surface area contributed by atoms with Crippen molar-refractivity contribution in [2.45, 2.75) is 19.3 Å². The van der Waals surface area contributed by atoms with Gasteiger partial charge in [-0.25, -0.2) is 9.78 Å². The maximum absolute atomic E-state index is 12.8. The maximum atomic E-state index is 12.8. The highest BCUT2D eigenvalue weighted by atomic mass is 32.1. The molecular formula is C31H28N4O5S. The largest absolute Gasteiger partial charge is 0.493 e. The Morgan fingerprint density at radius 3 is 2.41 bits per heavy atom. The Morgan fingerprint density at radius 1 is 1.00 bits per heavy atom. The number of benzene rings is 3. The number of anilines is 1. The summed E-state index contributed by atoms with van der Waals surface area (Å²) in [6, 6.07) is 21.8. The summed E-state index contributed by atoms with van der Waals surface area (Å²) >= 11 is 1.60. The van der Waals surface area contributed by atoms with Crippen molar-refractivity contribution in [1.82, 2.24) is 9.97 Å². The van der Waals surface area contributed by atoms with Crippen LogP contribution < -0.4 is 14.8 Å². The van der Waals surface area contributed by atoms with Gasteiger partial charge in [0.2, 0.25) is 0 Å². The zero-order valence-corrected chi connectivity index (χ0v) is 23.7. The van der Waals surface area contributed by atoms with Gasteiger partial charge in [0.1, 0.15) is 0 Å². The number of carboxylic acid groups (broad SMARTS) is 1. The van der Waals surface area contributed by atoms with E-state index in [4.69, 9.17) is 14.6 Å². The SMILES string of the molecule is COc1ccc(C(=O)Nc2ccc(C(C)(C)C#N)c(-c3cccs3)c2)cc1OC.O=C(O)c1ccc2[nH]cnc2c1. The highest BCUT2D eigenvalue weighted by Crippen LogP contribution is 2.37. The number of aromatic carboxylic acids is 1. The molecule has 0 aliphatic rings. The molecule has 0 unspecified atom stereocenters. The summed E-state index contributed by atoms with van der Waals surface area (Å²) in [5, 5.41) is 23.2. The van der Waals surface area contributed by atoms with Crippen LogP contribution in [-0.2, 0) is 5.41 Å². The van der Waals surface area contributed by atoms with E-state index in [0.717, 1.165) is 21.5 Å². The minimum absolute atomic E-state index is 0.254. The number of hydrogen-bond donors (Lipinski definition) is 3. The number of carbonyl (C=O) groups excluding carboxylic acids is 1. The Bertz CT molecular complexity index is 1740. The molecule has 0 aliphatic heterocycles. The Labute approximate surface area is 241 Å². The van der Waals surface area contributed by atoms with Crippen LogP contribution >= 0.6 is 11.3 Å². The molecule has 9 nitrogen and oxygen atoms in total. The molecule has 0 radical (unpaired) electrons. The van der Waals surface area contributed by atoms with E-state index in [2.05, 4.69) is 21.4 Å². The highest BCUT2D eigenvalue weighted by molar-refractivity contribution is 7.13. The van der Waals surface area contributed by atoms with E-state index in [1.165, 1.54) is 19.5 Å². The average molecular weight is 569 g/mol. The number of nitrogens with zero attached hydrogens (tertiary/aromatic N) is 2. The second-order valence-electron chi connectivity index (χ2n) is 9.44. The molecule has 0 fully saturated rings. The number of amides is 1. The van der Waals surface area contributed by atoms with Crippen molar-refractivity contribution in [1.29, 1.82) is 5.26 Å². The van der Waals surface area contributed by atoms with Gasteiger partial charge in [-0.3, -0.25) is 4.79 Å². The number of carboxylic acids is 1. The van der Waals surface area contributed by atoms with Crippen LogP contribution in [0.4, 0.5) is 5.69 Å². The summed E-state index contributed by atoms with van der Waals surface area (Å²) in [4.78, 5) is 31.2. The van der Waals surface area contributed by atoms with Gasteiger partial charge in [0.05, 0.1) is 48.6 Å². The number of imidazole rings is 1. The normalized spacial score (nSPS) is 10.7. The van der Waals surface area contributed by atoms with E-state index in [-0.39, 0.29) is 11.5 Å². The lowest BCUT2D eigenvalue weighted by Crippen LogP contribution is -2.16. The van der Waals surface area contributed by atoms with Gasteiger partial charge >= 0.3 is 5.97 Å². The Kier molecular flexibility index (Phi) is 8.70. The van der Waals surface area contributed by atoms with Crippen molar-refractivity contribution in [2.24, 2.45) is 0 Å². The highest BCUT2D eigenvalue weighted by Gasteiger charge is 2.24. The van der Waals surface area contributed by atoms with E-state index < -0.39 is 11.4 Å². The number of thiophene rings is 1. The Balaban J connectivity index is 0.000000267. The van der Waals surface area contributed by atoms with Crippen LogP contribution in [0.1, 0.15) is 40.1 Å². The summed E-state index contributed by atoms with van der Waals surface area (Å²) in [5.41, 5.74) is 4.12. The third-order valence-electron chi connectivity index (χ3n) is 6.33. The zero-order valence-electron chi connectivity index (χ0n) is 22.9. The van der Waals surface area contributed by atoms with E-state index in [9.17, 15) is 14.9 Å². The van der Waals surface area contributed by atoms with E-state index in [1.54, 1.807) is 48.8 Å². The van der Waals surface area contributed by atoms with Gasteiger partial charge in [-0.05, 0) is 85.0 Å². The fourth-order valence-electron chi connectivity index (χ4n) is 4.11. The van der Waals surface area contributed by atoms with Crippen LogP contribution in [0.3, 0.4) is 0 Å². The van der Waals surface area contributed by atoms with E-state index in [0.29, 0.717) is 28.3 Å². The minimum atomic E-state index is -0.931. The third kappa shape index (κ3) is 6.54. The number of H-pyrrole nitrogens is 1. The third-order valence-corrected chi connectivity index (χ3v) is 7.23. The Morgan fingerprint density at radius 2 is 1.76 bits per heavy atom. The van der Waals surface area contributed by atoms with Crippen LogP contribution in [0.15, 0.2) is 78.4 Å². The fraction of sp³-hybridized carbons (Fsp3) is 0.161. The lowest BCUT2D eigenvalue weighted by atomic mass is 9.82. The van der Waals surface area contributed by atoms with Crippen LogP contribution in [0, 0.1) is 11.3 Å². The second-order valence-corrected chi connectivity index (χ2v) is 10.4. The van der Waals surface area contributed by atoms with Gasteiger partial charge in [0, 0.05) is 16.1 Å². The monoisotopic (exact) mass is 568 g/mol. The minimum Gasteiger partial charge on any atom is -0.493 e. The number of nitriles is 1. The van der Waals surface area contributed by atoms with Crippen LogP contribution in [0.25, 0.3) is 21.5 Å². The molecule has 5 aromatic rings. The van der Waals surface area contributed by atoms with Gasteiger partial charge in [0.25, 0.3) is 5.91 Å². The van der Waals surface area contributed by atoms with E-state index >= 15 is 0 Å². The van der Waals surface area contributed by atoms with Gasteiger partial charge in [0.15, 0.2) is 11.5 Å². The van der Waals surface area contributed by atoms with Crippen molar-refractivity contribution < 1.29 is 24.2 Å². The molecule has 0 saturated carbocycles. The number of ether oxygens (including phenoxy) is 2. The van der Waals surface area contributed by atoms with Crippen LogP contribution in [-0.4, -0.2) is 41.2 Å². The second kappa shape index (κ2) is 12.4. The van der Waals surface area contributed by atoms with Gasteiger partial charge in [-0.1, -0.05) is 12.1 Å². The predicted molar refractivity (Wildman–Crippen MR) is 159 cm³/mol. The molecule has 0 spiro atoms. The van der Waals surface area contributed by atoms with Gasteiger partial charge in [-0.15, -0.1) is 11.3 Å². The van der Waals surface area contributed by atoms with Crippen molar-refractivity contribution in [3.63, 3.8) is 0 Å². The first kappa shape index (κ1) is 28.9. The molecule has 1 amide bonds. The predicted octanol–water partition coefficient (Wildman–Crippen LogP) is 6.75. The number of hydrogen-bond acceptors (Lipinski definition) is 7. The molecule has 5 rings (SSSR count).